The highest BCUT2D eigenvalue weighted by Crippen LogP contribution is 2.35. The lowest BCUT2D eigenvalue weighted by atomic mass is 10.0. The van der Waals surface area contributed by atoms with E-state index in [1.165, 1.54) is 33.3 Å². The van der Waals surface area contributed by atoms with E-state index in [-0.39, 0.29) is 22.5 Å². The van der Waals surface area contributed by atoms with Gasteiger partial charge in [0.05, 0.1) is 10.9 Å². The van der Waals surface area contributed by atoms with Crippen LogP contribution in [0.4, 0.5) is 5.69 Å². The van der Waals surface area contributed by atoms with Gasteiger partial charge in [0.25, 0.3) is 11.5 Å². The van der Waals surface area contributed by atoms with Gasteiger partial charge in [-0.3, -0.25) is 19.1 Å². The van der Waals surface area contributed by atoms with Crippen molar-refractivity contribution in [2.24, 2.45) is 0 Å². The molecular weight excluding hydrogens is 380 g/mol. The number of benzene rings is 2. The second-order valence-corrected chi connectivity index (χ2v) is 7.57. The van der Waals surface area contributed by atoms with Crippen molar-refractivity contribution < 1.29 is 4.79 Å². The van der Waals surface area contributed by atoms with Crippen LogP contribution in [-0.2, 0) is 19.4 Å². The van der Waals surface area contributed by atoms with Crippen LogP contribution in [0, 0.1) is 0 Å². The number of nitrogens with zero attached hydrogens (tertiary/aromatic N) is 2. The van der Waals surface area contributed by atoms with Crippen LogP contribution in [-0.4, -0.2) is 20.4 Å². The molecule has 0 saturated carbocycles. The molecule has 0 fully saturated rings. The van der Waals surface area contributed by atoms with E-state index in [2.05, 4.69) is 27.4 Å². The summed E-state index contributed by atoms with van der Waals surface area (Å²) in [5.74, 6) is -0.351. The van der Waals surface area contributed by atoms with E-state index in [9.17, 15) is 14.4 Å². The Labute approximate surface area is 171 Å². The minimum absolute atomic E-state index is 0.219. The molecule has 0 aliphatic heterocycles. The fourth-order valence-corrected chi connectivity index (χ4v) is 4.27. The van der Waals surface area contributed by atoms with Gasteiger partial charge in [-0.25, -0.2) is 9.78 Å². The molecule has 7 heteroatoms. The summed E-state index contributed by atoms with van der Waals surface area (Å²) in [5.41, 5.74) is 2.83. The Morgan fingerprint density at radius 2 is 1.93 bits per heavy atom. The maximum Gasteiger partial charge on any atom is 0.329 e. The molecule has 5 rings (SSSR count). The summed E-state index contributed by atoms with van der Waals surface area (Å²) in [6, 6.07) is 11.6. The topological polar surface area (TPSA) is 96.9 Å². The number of H-pyrrole nitrogens is 1. The van der Waals surface area contributed by atoms with Gasteiger partial charge >= 0.3 is 5.69 Å². The maximum absolute atomic E-state index is 12.9. The molecule has 2 aromatic carbocycles. The summed E-state index contributed by atoms with van der Waals surface area (Å²) >= 11 is 0. The molecule has 1 aliphatic rings. The molecule has 0 atom stereocenters. The van der Waals surface area contributed by atoms with Gasteiger partial charge in [-0.1, -0.05) is 31.2 Å². The van der Waals surface area contributed by atoms with E-state index in [0.717, 1.165) is 30.3 Å². The van der Waals surface area contributed by atoms with Gasteiger partial charge in [-0.2, -0.15) is 0 Å². The molecule has 0 bridgehead atoms. The number of hydrogen-bond donors (Lipinski definition) is 2. The van der Waals surface area contributed by atoms with Crippen LogP contribution >= 0.6 is 0 Å². The van der Waals surface area contributed by atoms with Crippen LogP contribution in [0.5, 0.6) is 0 Å². The van der Waals surface area contributed by atoms with Gasteiger partial charge < -0.3 is 5.32 Å². The molecule has 2 N–H and O–H groups in total. The summed E-state index contributed by atoms with van der Waals surface area (Å²) < 4.78 is 1.42. The van der Waals surface area contributed by atoms with Gasteiger partial charge in [0.15, 0.2) is 0 Å². The van der Waals surface area contributed by atoms with E-state index in [0.29, 0.717) is 6.54 Å². The second kappa shape index (κ2) is 6.95. The minimum Gasteiger partial charge on any atom is -0.321 e. The highest BCUT2D eigenvalue weighted by molar-refractivity contribution is 6.11. The van der Waals surface area contributed by atoms with E-state index in [1.807, 2.05) is 25.1 Å². The first kappa shape index (κ1) is 18.3. The van der Waals surface area contributed by atoms with E-state index in [1.54, 1.807) is 0 Å². The Morgan fingerprint density at radius 3 is 2.73 bits per heavy atom. The number of aryl methyl sites for hydroxylation is 3. The SMILES string of the molecule is CCCn1c(=O)[nH]c(=O)c2cc(C(=O)Nc3ccc4c5c(cccc35)CC4)cnc21. The summed E-state index contributed by atoms with van der Waals surface area (Å²) in [6.07, 6.45) is 4.15. The lowest BCUT2D eigenvalue weighted by molar-refractivity contribution is 0.102. The molecule has 150 valence electrons. The highest BCUT2D eigenvalue weighted by atomic mass is 16.2. The summed E-state index contributed by atoms with van der Waals surface area (Å²) in [5, 5.41) is 5.41. The first-order valence-electron chi connectivity index (χ1n) is 10.0. The predicted molar refractivity (Wildman–Crippen MR) is 116 cm³/mol. The highest BCUT2D eigenvalue weighted by Gasteiger charge is 2.18. The Morgan fingerprint density at radius 1 is 1.13 bits per heavy atom. The third-order valence-corrected chi connectivity index (χ3v) is 5.67. The first-order valence-corrected chi connectivity index (χ1v) is 10.0. The second-order valence-electron chi connectivity index (χ2n) is 7.57. The Bertz CT molecular complexity index is 1440. The summed E-state index contributed by atoms with van der Waals surface area (Å²) in [6.45, 7) is 2.37. The van der Waals surface area contributed by atoms with Crippen molar-refractivity contribution in [3.8, 4) is 0 Å². The first-order chi connectivity index (χ1) is 14.6. The van der Waals surface area contributed by atoms with E-state index >= 15 is 0 Å². The fourth-order valence-electron chi connectivity index (χ4n) is 4.27. The van der Waals surface area contributed by atoms with E-state index in [4.69, 9.17) is 0 Å². The molecule has 0 saturated heterocycles. The summed E-state index contributed by atoms with van der Waals surface area (Å²) in [4.78, 5) is 43.9. The number of carbonyl (C=O) groups is 1. The number of nitrogens with one attached hydrogen (secondary N) is 2. The maximum atomic E-state index is 12.9. The van der Waals surface area contributed by atoms with E-state index < -0.39 is 11.2 Å². The molecule has 4 aromatic rings. The molecule has 7 nitrogen and oxygen atoms in total. The third kappa shape index (κ3) is 2.82. The van der Waals surface area contributed by atoms with Crippen molar-refractivity contribution in [1.82, 2.24) is 14.5 Å². The van der Waals surface area contributed by atoms with Gasteiger partial charge in [0.1, 0.15) is 5.65 Å². The zero-order valence-corrected chi connectivity index (χ0v) is 16.5. The van der Waals surface area contributed by atoms with Gasteiger partial charge in [0.2, 0.25) is 0 Å². The monoisotopic (exact) mass is 400 g/mol. The number of amides is 1. The molecule has 1 amide bonds. The number of aromatic amines is 1. The number of rotatable bonds is 4. The molecule has 0 spiro atoms. The predicted octanol–water partition coefficient (Wildman–Crippen LogP) is 3.00. The lowest BCUT2D eigenvalue weighted by Crippen LogP contribution is -2.31. The number of carbonyl (C=O) groups excluding carboxylic acids is 1. The third-order valence-electron chi connectivity index (χ3n) is 5.67. The average molecular weight is 400 g/mol. The zero-order valence-electron chi connectivity index (χ0n) is 16.5. The van der Waals surface area contributed by atoms with Crippen molar-refractivity contribution in [1.29, 1.82) is 0 Å². The number of anilines is 1. The average Bonchev–Trinajstić information content (AvgIpc) is 3.17. The number of fused-ring (bicyclic) bond motifs is 1. The zero-order chi connectivity index (χ0) is 20.8. The van der Waals surface area contributed by atoms with Crippen LogP contribution < -0.4 is 16.6 Å². The number of pyridine rings is 1. The van der Waals surface area contributed by atoms with Crippen LogP contribution in [0.2, 0.25) is 0 Å². The Balaban J connectivity index is 1.56. The minimum atomic E-state index is -0.546. The van der Waals surface area contributed by atoms with Crippen molar-refractivity contribution in [2.45, 2.75) is 32.7 Å². The molecule has 0 radical (unpaired) electrons. The molecule has 1 aliphatic carbocycles. The van der Waals surface area contributed by atoms with Crippen LogP contribution in [0.3, 0.4) is 0 Å². The van der Waals surface area contributed by atoms with Crippen molar-refractivity contribution in [3.05, 3.63) is 80.1 Å². The molecule has 30 heavy (non-hydrogen) atoms. The van der Waals surface area contributed by atoms with Crippen molar-refractivity contribution >= 4 is 33.4 Å². The molecule has 2 aromatic heterocycles. The largest absolute Gasteiger partial charge is 0.329 e. The summed E-state index contributed by atoms with van der Waals surface area (Å²) in [7, 11) is 0. The molecular formula is C23H20N4O3. The number of hydrogen-bond acceptors (Lipinski definition) is 4. The van der Waals surface area contributed by atoms with Crippen LogP contribution in [0.15, 0.2) is 52.2 Å². The Kier molecular flexibility index (Phi) is 4.24. The normalized spacial score (nSPS) is 12.6. The van der Waals surface area contributed by atoms with Crippen LogP contribution in [0.1, 0.15) is 34.8 Å². The van der Waals surface area contributed by atoms with Crippen molar-refractivity contribution in [2.75, 3.05) is 5.32 Å². The number of aromatic nitrogens is 3. The van der Waals surface area contributed by atoms with Gasteiger partial charge in [-0.15, -0.1) is 0 Å². The van der Waals surface area contributed by atoms with Gasteiger partial charge in [-0.05, 0) is 47.9 Å². The Hall–Kier alpha value is -3.74. The lowest BCUT2D eigenvalue weighted by Gasteiger charge is -2.11. The molecule has 0 unspecified atom stereocenters. The smallest absolute Gasteiger partial charge is 0.321 e. The fraction of sp³-hybridized carbons (Fsp3) is 0.217. The standard InChI is InChI=1S/C23H20N4O3/c1-2-10-27-20-17(22(29)26-23(27)30)11-15(12-24-20)21(28)25-18-9-8-14-7-6-13-4-3-5-16(18)19(13)14/h3-5,8-9,11-12H,2,6-7,10H2,1H3,(H,25,28)(H,26,29,30). The van der Waals surface area contributed by atoms with Crippen molar-refractivity contribution in [3.63, 3.8) is 0 Å². The van der Waals surface area contributed by atoms with Gasteiger partial charge in [0, 0.05) is 23.8 Å². The molecule has 2 heterocycles. The van der Waals surface area contributed by atoms with Crippen LogP contribution in [0.25, 0.3) is 21.8 Å². The quantitative estimate of drug-likeness (QED) is 0.550.